The lowest BCUT2D eigenvalue weighted by atomic mass is 10.0. The molecule has 0 radical (unpaired) electrons. The number of anilines is 1. The normalized spacial score (nSPS) is 15.9. The van der Waals surface area contributed by atoms with Crippen molar-refractivity contribution in [2.24, 2.45) is 0 Å². The number of hydrogen-bond donors (Lipinski definition) is 1. The van der Waals surface area contributed by atoms with Crippen LogP contribution >= 0.6 is 11.6 Å². The molecule has 0 aliphatic carbocycles. The molecule has 0 spiro atoms. The summed E-state index contributed by atoms with van der Waals surface area (Å²) in [5.41, 5.74) is 4.20. The maximum Gasteiger partial charge on any atom is 0.129 e. The second-order valence-electron chi connectivity index (χ2n) is 6.25. The van der Waals surface area contributed by atoms with E-state index in [9.17, 15) is 0 Å². The second kappa shape index (κ2) is 6.85. The Kier molecular flexibility index (Phi) is 4.83. The summed E-state index contributed by atoms with van der Waals surface area (Å²) in [7, 11) is 2.03. The van der Waals surface area contributed by atoms with Crippen LogP contribution in [0.1, 0.15) is 24.0 Å². The third-order valence-corrected chi connectivity index (χ3v) is 4.84. The van der Waals surface area contributed by atoms with Crippen LogP contribution in [0.25, 0.3) is 11.3 Å². The molecule has 1 fully saturated rings. The van der Waals surface area contributed by atoms with Crippen molar-refractivity contribution in [2.45, 2.75) is 32.7 Å². The first-order chi connectivity index (χ1) is 11.1. The Morgan fingerprint density at radius 2 is 1.87 bits per heavy atom. The van der Waals surface area contributed by atoms with Crippen LogP contribution in [0.2, 0.25) is 5.02 Å². The number of hydrogen-bond acceptors (Lipinski definition) is 4. The third kappa shape index (κ3) is 3.48. The minimum Gasteiger partial charge on any atom is -0.356 e. The first-order valence-corrected chi connectivity index (χ1v) is 8.47. The van der Waals surface area contributed by atoms with E-state index in [2.05, 4.69) is 46.2 Å². The maximum absolute atomic E-state index is 6.40. The number of halogens is 1. The number of nitrogens with zero attached hydrogens (tertiary/aromatic N) is 3. The molecule has 3 rings (SSSR count). The minimum absolute atomic E-state index is 0.610. The lowest BCUT2D eigenvalue weighted by Crippen LogP contribution is -2.41. The number of nitrogens with one attached hydrogen (secondary N) is 1. The highest BCUT2D eigenvalue weighted by Crippen LogP contribution is 2.32. The van der Waals surface area contributed by atoms with Crippen LogP contribution in [-0.2, 0) is 0 Å². The molecule has 0 amide bonds. The molecule has 1 saturated heterocycles. The van der Waals surface area contributed by atoms with Gasteiger partial charge in [-0.1, -0.05) is 17.7 Å². The Morgan fingerprint density at radius 1 is 1.13 bits per heavy atom. The van der Waals surface area contributed by atoms with Gasteiger partial charge in [0.25, 0.3) is 0 Å². The van der Waals surface area contributed by atoms with Gasteiger partial charge in [0, 0.05) is 37.1 Å². The fourth-order valence-electron chi connectivity index (χ4n) is 3.18. The van der Waals surface area contributed by atoms with Crippen LogP contribution in [0.15, 0.2) is 24.5 Å². The predicted molar refractivity (Wildman–Crippen MR) is 96.2 cm³/mol. The van der Waals surface area contributed by atoms with Crippen molar-refractivity contribution in [3.63, 3.8) is 0 Å². The van der Waals surface area contributed by atoms with Gasteiger partial charge in [-0.25, -0.2) is 4.98 Å². The molecule has 1 N–H and O–H groups in total. The fraction of sp³-hybridized carbons (Fsp3) is 0.444. The van der Waals surface area contributed by atoms with E-state index in [0.29, 0.717) is 11.1 Å². The van der Waals surface area contributed by atoms with Crippen molar-refractivity contribution in [1.29, 1.82) is 0 Å². The molecular weight excluding hydrogens is 308 g/mol. The Bertz CT molecular complexity index is 693. The maximum atomic E-state index is 6.40. The average molecular weight is 331 g/mol. The van der Waals surface area contributed by atoms with Gasteiger partial charge in [-0.3, -0.25) is 4.98 Å². The third-order valence-electron chi connectivity index (χ3n) is 4.54. The Balaban J connectivity index is 1.90. The van der Waals surface area contributed by atoms with Gasteiger partial charge in [0.05, 0.1) is 10.7 Å². The molecule has 3 heterocycles. The fourth-order valence-corrected chi connectivity index (χ4v) is 3.37. The summed E-state index contributed by atoms with van der Waals surface area (Å²) >= 11 is 6.40. The summed E-state index contributed by atoms with van der Waals surface area (Å²) in [5, 5.41) is 4.01. The van der Waals surface area contributed by atoms with E-state index in [1.165, 1.54) is 0 Å². The zero-order valence-corrected chi connectivity index (χ0v) is 14.7. The van der Waals surface area contributed by atoms with Crippen LogP contribution in [0.3, 0.4) is 0 Å². The molecule has 4 nitrogen and oxygen atoms in total. The summed E-state index contributed by atoms with van der Waals surface area (Å²) in [6, 6.07) is 4.82. The van der Waals surface area contributed by atoms with Crippen molar-refractivity contribution in [1.82, 2.24) is 15.3 Å². The van der Waals surface area contributed by atoms with Crippen molar-refractivity contribution >= 4 is 17.4 Å². The molecule has 1 aliphatic rings. The van der Waals surface area contributed by atoms with Gasteiger partial charge in [0.15, 0.2) is 0 Å². The van der Waals surface area contributed by atoms with Crippen molar-refractivity contribution < 1.29 is 0 Å². The molecule has 0 aromatic carbocycles. The molecule has 0 saturated carbocycles. The van der Waals surface area contributed by atoms with E-state index in [0.717, 1.165) is 54.1 Å². The topological polar surface area (TPSA) is 41.0 Å². The van der Waals surface area contributed by atoms with Crippen LogP contribution < -0.4 is 10.2 Å². The zero-order chi connectivity index (χ0) is 16.4. The zero-order valence-electron chi connectivity index (χ0n) is 13.9. The Morgan fingerprint density at radius 3 is 2.52 bits per heavy atom. The SMILES string of the molecule is CNC1CCN(c2cc(-c3ncc(C)cc3C)c(Cl)cn2)CC1. The van der Waals surface area contributed by atoms with E-state index in [1.54, 1.807) is 6.20 Å². The molecule has 0 unspecified atom stereocenters. The highest BCUT2D eigenvalue weighted by Gasteiger charge is 2.20. The average Bonchev–Trinajstić information content (AvgIpc) is 2.56. The number of aryl methyl sites for hydroxylation is 2. The van der Waals surface area contributed by atoms with Gasteiger partial charge in [0.1, 0.15) is 5.82 Å². The summed E-state index contributed by atoms with van der Waals surface area (Å²) < 4.78 is 0. The van der Waals surface area contributed by atoms with Gasteiger partial charge in [-0.2, -0.15) is 0 Å². The Labute approximate surface area is 142 Å². The molecule has 1 aliphatic heterocycles. The monoisotopic (exact) mass is 330 g/mol. The number of pyridine rings is 2. The molecule has 5 heteroatoms. The quantitative estimate of drug-likeness (QED) is 0.933. The highest BCUT2D eigenvalue weighted by atomic mass is 35.5. The van der Waals surface area contributed by atoms with Crippen LogP contribution in [0.5, 0.6) is 0 Å². The van der Waals surface area contributed by atoms with Gasteiger partial charge in [-0.05, 0) is 50.9 Å². The summed E-state index contributed by atoms with van der Waals surface area (Å²) in [6.45, 7) is 6.15. The second-order valence-corrected chi connectivity index (χ2v) is 6.66. The van der Waals surface area contributed by atoms with E-state index in [4.69, 9.17) is 11.6 Å². The lowest BCUT2D eigenvalue weighted by molar-refractivity contribution is 0.441. The van der Waals surface area contributed by atoms with Gasteiger partial charge in [-0.15, -0.1) is 0 Å². The van der Waals surface area contributed by atoms with E-state index in [-0.39, 0.29) is 0 Å². The minimum atomic E-state index is 0.610. The first kappa shape index (κ1) is 16.2. The summed E-state index contributed by atoms with van der Waals surface area (Å²) in [5.74, 6) is 0.987. The van der Waals surface area contributed by atoms with E-state index in [1.807, 2.05) is 13.2 Å². The largest absolute Gasteiger partial charge is 0.356 e. The smallest absolute Gasteiger partial charge is 0.129 e. The summed E-state index contributed by atoms with van der Waals surface area (Å²) in [6.07, 6.45) is 5.91. The van der Waals surface area contributed by atoms with Crippen LogP contribution in [0.4, 0.5) is 5.82 Å². The van der Waals surface area contributed by atoms with Gasteiger partial charge >= 0.3 is 0 Å². The van der Waals surface area contributed by atoms with Crippen LogP contribution in [-0.4, -0.2) is 36.1 Å². The summed E-state index contributed by atoms with van der Waals surface area (Å²) in [4.78, 5) is 11.4. The molecule has 122 valence electrons. The highest BCUT2D eigenvalue weighted by molar-refractivity contribution is 6.33. The van der Waals surface area contributed by atoms with Crippen molar-refractivity contribution in [2.75, 3.05) is 25.0 Å². The van der Waals surface area contributed by atoms with Gasteiger partial charge < -0.3 is 10.2 Å². The van der Waals surface area contributed by atoms with Crippen LogP contribution in [0, 0.1) is 13.8 Å². The molecule has 2 aromatic heterocycles. The number of rotatable bonds is 3. The molecule has 0 bridgehead atoms. The van der Waals surface area contributed by atoms with E-state index < -0.39 is 0 Å². The predicted octanol–water partition coefficient (Wildman–Crippen LogP) is 3.60. The molecule has 2 aromatic rings. The van der Waals surface area contributed by atoms with Crippen molar-refractivity contribution in [3.05, 3.63) is 40.7 Å². The number of piperidine rings is 1. The molecule has 0 atom stereocenters. The van der Waals surface area contributed by atoms with Crippen molar-refractivity contribution in [3.8, 4) is 11.3 Å². The number of aromatic nitrogens is 2. The first-order valence-electron chi connectivity index (χ1n) is 8.10. The standard InChI is InChI=1S/C18H23ClN4/c1-12-8-13(2)18(22-10-12)15-9-17(21-11-16(15)19)23-6-4-14(20-3)5-7-23/h8-11,14,20H,4-7H2,1-3H3. The van der Waals surface area contributed by atoms with Gasteiger partial charge in [0.2, 0.25) is 0 Å². The Hall–Kier alpha value is -1.65. The molecule has 23 heavy (non-hydrogen) atoms. The lowest BCUT2D eigenvalue weighted by Gasteiger charge is -2.32. The molecular formula is C18H23ClN4. The van der Waals surface area contributed by atoms with E-state index >= 15 is 0 Å².